The molecule has 0 bridgehead atoms. The molecule has 0 saturated carbocycles. The lowest BCUT2D eigenvalue weighted by molar-refractivity contribution is 0.261. The maximum absolute atomic E-state index is 5.85. The van der Waals surface area contributed by atoms with Crippen LogP contribution >= 0.6 is 0 Å². The van der Waals surface area contributed by atoms with Crippen molar-refractivity contribution < 1.29 is 4.74 Å². The van der Waals surface area contributed by atoms with Crippen molar-refractivity contribution >= 4 is 22.1 Å². The Balaban J connectivity index is 1.37. The van der Waals surface area contributed by atoms with Crippen molar-refractivity contribution in [3.05, 3.63) is 61.1 Å². The number of nitrogens with zero attached hydrogens (tertiary/aromatic N) is 8. The molecular weight excluding hydrogens is 456 g/mol. The Labute approximate surface area is 206 Å². The average Bonchev–Trinajstić information content (AvgIpc) is 3.61. The van der Waals surface area contributed by atoms with Crippen LogP contribution in [0.15, 0.2) is 55.4 Å². The first-order valence-corrected chi connectivity index (χ1v) is 11.5. The second-order valence-electron chi connectivity index (χ2n) is 8.76. The standard InChI is InChI=1S/C25H24N10O/c1-15-13-35(14-28-15)25-22-19(6-7-27-25)30-24(31-22)23-21-20(32-33-23)5-4-18(29-21)16-10-17(12-26-11-16)36-9-8-34(2)3/h4-7,10-14H,8-9H2,1-3H3,(H,30,31)(H,32,33). The second kappa shape index (κ2) is 8.86. The number of hydrogen-bond acceptors (Lipinski definition) is 8. The quantitative estimate of drug-likeness (QED) is 0.356. The van der Waals surface area contributed by atoms with Gasteiger partial charge >= 0.3 is 0 Å². The maximum Gasteiger partial charge on any atom is 0.166 e. The number of fused-ring (bicyclic) bond motifs is 2. The van der Waals surface area contributed by atoms with Crippen LogP contribution in [0.4, 0.5) is 0 Å². The third-order valence-corrected chi connectivity index (χ3v) is 5.79. The van der Waals surface area contributed by atoms with Gasteiger partial charge in [-0.15, -0.1) is 0 Å². The van der Waals surface area contributed by atoms with Gasteiger partial charge in [0.25, 0.3) is 0 Å². The van der Waals surface area contributed by atoms with E-state index in [9.17, 15) is 0 Å². The van der Waals surface area contributed by atoms with Crippen LogP contribution in [0.3, 0.4) is 0 Å². The number of H-pyrrole nitrogens is 2. The van der Waals surface area contributed by atoms with Gasteiger partial charge in [-0.1, -0.05) is 0 Å². The number of hydrogen-bond donors (Lipinski definition) is 2. The Morgan fingerprint density at radius 3 is 2.78 bits per heavy atom. The number of likely N-dealkylation sites (N-methyl/N-ethyl adjacent to an activating group) is 1. The minimum atomic E-state index is 0.581. The first-order valence-electron chi connectivity index (χ1n) is 11.5. The summed E-state index contributed by atoms with van der Waals surface area (Å²) in [6, 6.07) is 7.73. The van der Waals surface area contributed by atoms with E-state index in [4.69, 9.17) is 14.7 Å². The normalized spacial score (nSPS) is 11.7. The van der Waals surface area contributed by atoms with E-state index in [1.165, 1.54) is 0 Å². The highest BCUT2D eigenvalue weighted by atomic mass is 16.5. The lowest BCUT2D eigenvalue weighted by Crippen LogP contribution is -2.19. The number of aryl methyl sites for hydroxylation is 1. The Hall–Kier alpha value is -4.64. The number of pyridine rings is 3. The monoisotopic (exact) mass is 480 g/mol. The Morgan fingerprint density at radius 2 is 1.94 bits per heavy atom. The van der Waals surface area contributed by atoms with Gasteiger partial charge in [0.15, 0.2) is 17.3 Å². The number of imidazole rings is 2. The van der Waals surface area contributed by atoms with Gasteiger partial charge in [0, 0.05) is 30.7 Å². The molecule has 2 N–H and O–H groups in total. The molecule has 6 heterocycles. The summed E-state index contributed by atoms with van der Waals surface area (Å²) in [7, 11) is 4.02. The molecule has 0 amide bonds. The lowest BCUT2D eigenvalue weighted by atomic mass is 10.1. The van der Waals surface area contributed by atoms with Gasteiger partial charge in [0.2, 0.25) is 0 Å². The zero-order valence-corrected chi connectivity index (χ0v) is 20.1. The van der Waals surface area contributed by atoms with Gasteiger partial charge in [-0.3, -0.25) is 14.6 Å². The molecule has 0 spiro atoms. The summed E-state index contributed by atoms with van der Waals surface area (Å²) in [4.78, 5) is 28.3. The molecule has 0 atom stereocenters. The minimum absolute atomic E-state index is 0.581. The summed E-state index contributed by atoms with van der Waals surface area (Å²) in [6.07, 6.45) is 8.88. The summed E-state index contributed by atoms with van der Waals surface area (Å²) < 4.78 is 7.71. The third kappa shape index (κ3) is 4.05. The van der Waals surface area contributed by atoms with Gasteiger partial charge in [-0.05, 0) is 45.3 Å². The largest absolute Gasteiger partial charge is 0.491 e. The molecule has 0 aromatic carbocycles. The van der Waals surface area contributed by atoms with E-state index >= 15 is 0 Å². The topological polar surface area (TPSA) is 126 Å². The van der Waals surface area contributed by atoms with Crippen molar-refractivity contribution in [2.24, 2.45) is 0 Å². The molecular formula is C25H24N10O. The molecule has 6 rings (SSSR count). The molecule has 0 aliphatic carbocycles. The van der Waals surface area contributed by atoms with E-state index in [-0.39, 0.29) is 0 Å². The molecule has 6 aromatic rings. The molecule has 180 valence electrons. The van der Waals surface area contributed by atoms with Crippen LogP contribution in [0, 0.1) is 6.92 Å². The predicted octanol–water partition coefficient (Wildman–Crippen LogP) is 3.39. The number of nitrogens with one attached hydrogen (secondary N) is 2. The highest BCUT2D eigenvalue weighted by molar-refractivity contribution is 5.92. The van der Waals surface area contributed by atoms with Crippen LogP contribution in [0.25, 0.3) is 50.7 Å². The van der Waals surface area contributed by atoms with Crippen molar-refractivity contribution in [1.82, 2.24) is 49.6 Å². The van der Waals surface area contributed by atoms with Crippen LogP contribution in [0.1, 0.15) is 5.69 Å². The number of aromatic amines is 2. The van der Waals surface area contributed by atoms with Gasteiger partial charge in [-0.2, -0.15) is 5.10 Å². The maximum atomic E-state index is 5.85. The minimum Gasteiger partial charge on any atom is -0.491 e. The molecule has 6 aromatic heterocycles. The first kappa shape index (κ1) is 21.9. The zero-order valence-electron chi connectivity index (χ0n) is 20.1. The average molecular weight is 481 g/mol. The zero-order chi connectivity index (χ0) is 24.6. The van der Waals surface area contributed by atoms with Crippen LogP contribution < -0.4 is 4.74 Å². The number of rotatable bonds is 7. The van der Waals surface area contributed by atoms with Crippen LogP contribution in [-0.2, 0) is 0 Å². The molecule has 0 unspecified atom stereocenters. The molecule has 0 saturated heterocycles. The summed E-state index contributed by atoms with van der Waals surface area (Å²) in [5, 5.41) is 7.57. The Morgan fingerprint density at radius 1 is 1.03 bits per heavy atom. The van der Waals surface area contributed by atoms with Crippen molar-refractivity contribution in [3.63, 3.8) is 0 Å². The van der Waals surface area contributed by atoms with Gasteiger partial charge in [0.05, 0.1) is 28.6 Å². The summed E-state index contributed by atoms with van der Waals surface area (Å²) in [5.74, 6) is 2.00. The molecule has 36 heavy (non-hydrogen) atoms. The van der Waals surface area contributed by atoms with Crippen LogP contribution in [0.2, 0.25) is 0 Å². The summed E-state index contributed by atoms with van der Waals surface area (Å²) >= 11 is 0. The molecule has 0 radical (unpaired) electrons. The third-order valence-electron chi connectivity index (χ3n) is 5.79. The molecule has 0 aliphatic rings. The summed E-state index contributed by atoms with van der Waals surface area (Å²) in [5.41, 5.74) is 6.25. The fourth-order valence-electron chi connectivity index (χ4n) is 3.97. The molecule has 11 heteroatoms. The van der Waals surface area contributed by atoms with E-state index < -0.39 is 0 Å². The predicted molar refractivity (Wildman–Crippen MR) is 136 cm³/mol. The van der Waals surface area contributed by atoms with Crippen molar-refractivity contribution in [3.8, 4) is 34.3 Å². The van der Waals surface area contributed by atoms with Gasteiger partial charge < -0.3 is 14.6 Å². The van der Waals surface area contributed by atoms with Crippen molar-refractivity contribution in [2.45, 2.75) is 6.92 Å². The van der Waals surface area contributed by atoms with Crippen molar-refractivity contribution in [2.75, 3.05) is 27.2 Å². The number of ether oxygens (including phenoxy) is 1. The molecule has 0 aliphatic heterocycles. The fourth-order valence-corrected chi connectivity index (χ4v) is 3.97. The Bertz CT molecular complexity index is 1680. The van der Waals surface area contributed by atoms with Crippen LogP contribution in [-0.4, -0.2) is 76.8 Å². The highest BCUT2D eigenvalue weighted by Gasteiger charge is 2.17. The first-order chi connectivity index (χ1) is 17.5. The van der Waals surface area contributed by atoms with Crippen LogP contribution in [0.5, 0.6) is 5.75 Å². The van der Waals surface area contributed by atoms with E-state index in [1.54, 1.807) is 24.9 Å². The smallest absolute Gasteiger partial charge is 0.166 e. The second-order valence-corrected chi connectivity index (χ2v) is 8.76. The van der Waals surface area contributed by atoms with E-state index in [1.807, 2.05) is 56.0 Å². The van der Waals surface area contributed by atoms with E-state index in [0.717, 1.165) is 40.0 Å². The molecule has 0 fully saturated rings. The van der Waals surface area contributed by atoms with E-state index in [0.29, 0.717) is 35.2 Å². The number of aromatic nitrogens is 9. The summed E-state index contributed by atoms with van der Waals surface area (Å²) in [6.45, 7) is 3.34. The van der Waals surface area contributed by atoms with E-state index in [2.05, 4.69) is 35.0 Å². The Kier molecular flexibility index (Phi) is 5.38. The van der Waals surface area contributed by atoms with Crippen molar-refractivity contribution in [1.29, 1.82) is 0 Å². The highest BCUT2D eigenvalue weighted by Crippen LogP contribution is 2.29. The fraction of sp³-hybridized carbons (Fsp3) is 0.200. The molecule has 11 nitrogen and oxygen atoms in total. The van der Waals surface area contributed by atoms with Gasteiger partial charge in [-0.25, -0.2) is 19.9 Å². The SMILES string of the molecule is Cc1cn(-c2nccc3[nH]c(-c4n[nH]c5ccc(-c6cncc(OCCN(C)C)c6)nc45)nc23)cn1. The lowest BCUT2D eigenvalue weighted by Gasteiger charge is -2.11. The van der Waals surface area contributed by atoms with Gasteiger partial charge in [0.1, 0.15) is 29.7 Å².